The number of nitrogens with zero attached hydrogens (tertiary/aromatic N) is 1. The molecule has 1 aromatic rings. The van der Waals surface area contributed by atoms with Crippen LogP contribution in [0.1, 0.15) is 15.9 Å². The maximum Gasteiger partial charge on any atom is 0.317 e. The van der Waals surface area contributed by atoms with E-state index < -0.39 is 5.97 Å². The van der Waals surface area contributed by atoms with Crippen molar-refractivity contribution in [2.75, 3.05) is 32.0 Å². The Labute approximate surface area is 105 Å². The molecule has 0 bridgehead atoms. The van der Waals surface area contributed by atoms with Crippen LogP contribution in [0.3, 0.4) is 0 Å². The van der Waals surface area contributed by atoms with Gasteiger partial charge in [0.2, 0.25) is 0 Å². The highest BCUT2D eigenvalue weighted by Crippen LogP contribution is 2.23. The average molecular weight is 248 g/mol. The Morgan fingerprint density at radius 2 is 2.17 bits per heavy atom. The fraction of sp³-hybridized carbons (Fsp3) is 0.385. The number of anilines is 1. The van der Waals surface area contributed by atoms with Crippen molar-refractivity contribution >= 4 is 17.4 Å². The fourth-order valence-corrected chi connectivity index (χ4v) is 2.10. The van der Waals surface area contributed by atoms with Crippen LogP contribution in [0.2, 0.25) is 0 Å². The van der Waals surface area contributed by atoms with E-state index in [1.54, 1.807) is 13.1 Å². The van der Waals surface area contributed by atoms with E-state index in [0.717, 1.165) is 24.2 Å². The highest BCUT2D eigenvalue weighted by atomic mass is 16.4. The Balaban J connectivity index is 2.03. The van der Waals surface area contributed by atoms with E-state index in [1.165, 1.54) is 4.90 Å². The Morgan fingerprint density at radius 1 is 1.39 bits per heavy atom. The van der Waals surface area contributed by atoms with Crippen molar-refractivity contribution in [1.29, 1.82) is 0 Å². The number of carboxylic acids is 1. The molecule has 96 valence electrons. The van der Waals surface area contributed by atoms with Gasteiger partial charge in [-0.25, -0.2) is 0 Å². The fourth-order valence-electron chi connectivity index (χ4n) is 2.10. The van der Waals surface area contributed by atoms with Gasteiger partial charge in [-0.2, -0.15) is 0 Å². The molecule has 1 aliphatic rings. The first-order chi connectivity index (χ1) is 8.56. The van der Waals surface area contributed by atoms with Gasteiger partial charge in [-0.3, -0.25) is 14.5 Å². The van der Waals surface area contributed by atoms with Gasteiger partial charge in [0.25, 0.3) is 0 Å². The molecule has 0 saturated carbocycles. The van der Waals surface area contributed by atoms with E-state index in [1.807, 2.05) is 12.1 Å². The lowest BCUT2D eigenvalue weighted by atomic mass is 10.1. The molecule has 1 heterocycles. The second-order valence-electron chi connectivity index (χ2n) is 4.54. The highest BCUT2D eigenvalue weighted by molar-refractivity contribution is 5.98. The Kier molecular flexibility index (Phi) is 3.62. The number of hydrogen-bond acceptors (Lipinski definition) is 4. The third-order valence-electron chi connectivity index (χ3n) is 2.96. The van der Waals surface area contributed by atoms with Gasteiger partial charge in [0.05, 0.1) is 13.1 Å². The predicted octanol–water partition coefficient (Wildman–Crippen LogP) is 0.854. The normalized spacial score (nSPS) is 13.2. The molecule has 0 unspecified atom stereocenters. The van der Waals surface area contributed by atoms with Crippen LogP contribution in [0.5, 0.6) is 0 Å². The number of nitrogens with one attached hydrogen (secondary N) is 1. The lowest BCUT2D eigenvalue weighted by Crippen LogP contribution is -2.31. The third kappa shape index (κ3) is 2.87. The van der Waals surface area contributed by atoms with Crippen LogP contribution >= 0.6 is 0 Å². The topological polar surface area (TPSA) is 69.6 Å². The largest absolute Gasteiger partial charge is 0.480 e. The second-order valence-corrected chi connectivity index (χ2v) is 4.54. The zero-order valence-corrected chi connectivity index (χ0v) is 10.3. The van der Waals surface area contributed by atoms with Gasteiger partial charge in [-0.1, -0.05) is 0 Å². The van der Waals surface area contributed by atoms with Gasteiger partial charge < -0.3 is 10.4 Å². The van der Waals surface area contributed by atoms with E-state index in [2.05, 4.69) is 5.32 Å². The van der Waals surface area contributed by atoms with E-state index >= 15 is 0 Å². The minimum atomic E-state index is -0.927. The summed E-state index contributed by atoms with van der Waals surface area (Å²) in [7, 11) is 1.63. The molecule has 5 nitrogen and oxygen atoms in total. The molecule has 0 aliphatic carbocycles. The number of likely N-dealkylation sites (N-methyl/N-ethyl adjacent to an activating group) is 1. The zero-order chi connectivity index (χ0) is 13.1. The minimum Gasteiger partial charge on any atom is -0.480 e. The monoisotopic (exact) mass is 248 g/mol. The summed E-state index contributed by atoms with van der Waals surface area (Å²) in [5.74, 6) is -0.975. The standard InChI is InChI=1S/C13H16N2O3/c1-15(8-13(17)18)7-12(16)10-2-3-11-9(6-10)4-5-14-11/h2-3,6,14H,4-5,7-8H2,1H3,(H,17,18). The van der Waals surface area contributed by atoms with Gasteiger partial charge in [-0.15, -0.1) is 0 Å². The molecule has 18 heavy (non-hydrogen) atoms. The van der Waals surface area contributed by atoms with Gasteiger partial charge in [-0.05, 0) is 37.2 Å². The van der Waals surface area contributed by atoms with Crippen LogP contribution in [-0.4, -0.2) is 48.4 Å². The quantitative estimate of drug-likeness (QED) is 0.756. The number of hydrogen-bond donors (Lipinski definition) is 2. The molecule has 0 radical (unpaired) electrons. The molecule has 0 aromatic heterocycles. The van der Waals surface area contributed by atoms with Crippen LogP contribution in [-0.2, 0) is 11.2 Å². The summed E-state index contributed by atoms with van der Waals surface area (Å²) in [6, 6.07) is 5.59. The summed E-state index contributed by atoms with van der Waals surface area (Å²) >= 11 is 0. The van der Waals surface area contributed by atoms with E-state index in [0.29, 0.717) is 5.56 Å². The van der Waals surface area contributed by atoms with Crippen LogP contribution in [0.15, 0.2) is 18.2 Å². The Hall–Kier alpha value is -1.88. The van der Waals surface area contributed by atoms with Crippen LogP contribution < -0.4 is 5.32 Å². The number of benzene rings is 1. The number of carboxylic acid groups (broad SMARTS) is 1. The lowest BCUT2D eigenvalue weighted by molar-refractivity contribution is -0.137. The van der Waals surface area contributed by atoms with Crippen molar-refractivity contribution in [2.45, 2.75) is 6.42 Å². The summed E-state index contributed by atoms with van der Waals surface area (Å²) in [6.45, 7) is 0.905. The van der Waals surface area contributed by atoms with Gasteiger partial charge in [0, 0.05) is 17.8 Å². The molecule has 0 saturated heterocycles. The maximum absolute atomic E-state index is 12.0. The first-order valence-electron chi connectivity index (χ1n) is 5.86. The first kappa shape index (κ1) is 12.6. The smallest absolute Gasteiger partial charge is 0.317 e. The van der Waals surface area contributed by atoms with E-state index in [4.69, 9.17) is 5.11 Å². The summed E-state index contributed by atoms with van der Waals surface area (Å²) in [4.78, 5) is 24.0. The number of Topliss-reactive ketones (excluding diaryl/α,β-unsaturated/α-hetero) is 1. The van der Waals surface area contributed by atoms with Crippen molar-refractivity contribution < 1.29 is 14.7 Å². The maximum atomic E-state index is 12.0. The number of aliphatic carboxylic acids is 1. The molecule has 1 aromatic carbocycles. The lowest BCUT2D eigenvalue weighted by Gasteiger charge is -2.13. The van der Waals surface area contributed by atoms with Crippen LogP contribution in [0.4, 0.5) is 5.69 Å². The summed E-state index contributed by atoms with van der Waals surface area (Å²) in [6.07, 6.45) is 0.932. The van der Waals surface area contributed by atoms with Crippen molar-refractivity contribution in [1.82, 2.24) is 4.90 Å². The molecule has 2 rings (SSSR count). The molecular formula is C13H16N2O3. The van der Waals surface area contributed by atoms with E-state index in [9.17, 15) is 9.59 Å². The first-order valence-corrected chi connectivity index (χ1v) is 5.86. The summed E-state index contributed by atoms with van der Waals surface area (Å²) in [5, 5.41) is 11.9. The number of fused-ring (bicyclic) bond motifs is 1. The summed E-state index contributed by atoms with van der Waals surface area (Å²) < 4.78 is 0. The van der Waals surface area contributed by atoms with Gasteiger partial charge in [0.1, 0.15) is 0 Å². The van der Waals surface area contributed by atoms with Crippen molar-refractivity contribution in [3.05, 3.63) is 29.3 Å². The molecule has 5 heteroatoms. The molecule has 0 fully saturated rings. The summed E-state index contributed by atoms with van der Waals surface area (Å²) in [5.41, 5.74) is 2.89. The SMILES string of the molecule is CN(CC(=O)O)CC(=O)c1ccc2c(c1)CCN2. The van der Waals surface area contributed by atoms with Crippen LogP contribution in [0.25, 0.3) is 0 Å². The van der Waals surface area contributed by atoms with Gasteiger partial charge >= 0.3 is 5.97 Å². The van der Waals surface area contributed by atoms with E-state index in [-0.39, 0.29) is 18.9 Å². The average Bonchev–Trinajstić information content (AvgIpc) is 2.74. The van der Waals surface area contributed by atoms with Crippen LogP contribution in [0, 0.1) is 0 Å². The number of rotatable bonds is 5. The second kappa shape index (κ2) is 5.18. The molecule has 0 spiro atoms. The number of carbonyl (C=O) groups is 2. The molecule has 0 atom stereocenters. The Morgan fingerprint density at radius 3 is 2.89 bits per heavy atom. The number of ketones is 1. The van der Waals surface area contributed by atoms with Crippen molar-refractivity contribution in [3.63, 3.8) is 0 Å². The minimum absolute atomic E-state index is 0.0477. The van der Waals surface area contributed by atoms with Crippen molar-refractivity contribution in [3.8, 4) is 0 Å². The predicted molar refractivity (Wildman–Crippen MR) is 68.1 cm³/mol. The van der Waals surface area contributed by atoms with Gasteiger partial charge in [0.15, 0.2) is 5.78 Å². The number of carbonyl (C=O) groups excluding carboxylic acids is 1. The molecule has 1 aliphatic heterocycles. The third-order valence-corrected chi connectivity index (χ3v) is 2.96. The highest BCUT2D eigenvalue weighted by Gasteiger charge is 2.15. The molecule has 2 N–H and O–H groups in total. The zero-order valence-electron chi connectivity index (χ0n) is 10.3. The molecular weight excluding hydrogens is 232 g/mol. The molecule has 0 amide bonds. The Bertz CT molecular complexity index is 485. The van der Waals surface area contributed by atoms with Crippen molar-refractivity contribution in [2.24, 2.45) is 0 Å².